The topological polar surface area (TPSA) is 328 Å². The van der Waals surface area contributed by atoms with Crippen molar-refractivity contribution in [1.82, 2.24) is 51.0 Å². The Labute approximate surface area is 690 Å². The number of alkyl carbamates (subject to hydrolysis) is 3. The van der Waals surface area contributed by atoms with E-state index in [-0.39, 0.29) is 109 Å². The summed E-state index contributed by atoms with van der Waals surface area (Å²) in [4.78, 5) is 72.4. The number of aryl methyl sites for hydroxylation is 1. The highest BCUT2D eigenvalue weighted by Gasteiger charge is 2.33. The van der Waals surface area contributed by atoms with E-state index < -0.39 is 61.2 Å². The molecule has 0 radical (unpaired) electrons. The molecule has 9 N–H and O–H groups in total. The van der Waals surface area contributed by atoms with Crippen LogP contribution in [0.15, 0.2) is 121 Å². The van der Waals surface area contributed by atoms with Gasteiger partial charge in [-0.2, -0.15) is 8.78 Å². The third-order valence-electron chi connectivity index (χ3n) is 16.9. The van der Waals surface area contributed by atoms with Gasteiger partial charge >= 0.3 is 30.3 Å². The summed E-state index contributed by atoms with van der Waals surface area (Å²) in [7, 11) is -7.82. The number of carbonyl (C=O) groups is 5. The maximum absolute atomic E-state index is 15.4. The molecule has 0 spiro atoms. The lowest BCUT2D eigenvalue weighted by Gasteiger charge is -2.27. The minimum Gasteiger partial charge on any atom is -0.447 e. The first kappa shape index (κ1) is 97.1. The minimum absolute atomic E-state index is 0. The maximum Gasteiger partial charge on any atom is 0.407 e. The molecular formula is C79H114Br2F2N12O12S5. The van der Waals surface area contributed by atoms with E-state index in [1.807, 2.05) is 94.6 Å². The zero-order chi connectivity index (χ0) is 80.0. The number of nitrogens with one attached hydrogen (secondary N) is 9. The van der Waals surface area contributed by atoms with Crippen molar-refractivity contribution in [3.8, 4) is 10.4 Å². The Balaban J connectivity index is 0.000000333. The highest BCUT2D eigenvalue weighted by molar-refractivity contribution is 9.11. The van der Waals surface area contributed by atoms with E-state index >= 15 is 4.39 Å². The molecule has 0 unspecified atom stereocenters. The average molecular weight is 1780 g/mol. The van der Waals surface area contributed by atoms with Gasteiger partial charge in [0.15, 0.2) is 0 Å². The van der Waals surface area contributed by atoms with Crippen LogP contribution in [0.3, 0.4) is 0 Å². The first-order valence-corrected chi connectivity index (χ1v) is 43.3. The Morgan fingerprint density at radius 1 is 0.500 bits per heavy atom. The molecule has 0 saturated heterocycles. The molecule has 3 heterocycles. The number of hydrogen-bond acceptors (Lipinski definition) is 18. The number of thiazole rings is 3. The summed E-state index contributed by atoms with van der Waals surface area (Å²) in [5.74, 6) is -0.370. The molecule has 7 amide bonds. The van der Waals surface area contributed by atoms with Crippen LogP contribution < -0.4 is 46.7 Å². The number of rotatable bonds is 20. The molecule has 620 valence electrons. The molecule has 3 aliphatic carbocycles. The Morgan fingerprint density at radius 2 is 0.866 bits per heavy atom. The second kappa shape index (κ2) is 45.2. The molecule has 3 fully saturated rings. The molecule has 4 aromatic carbocycles. The number of aromatic nitrogens is 3. The van der Waals surface area contributed by atoms with Crippen molar-refractivity contribution in [1.29, 1.82) is 0 Å². The van der Waals surface area contributed by atoms with Gasteiger partial charge in [-0.05, 0) is 246 Å². The number of benzene rings is 4. The number of amides is 7. The third kappa shape index (κ3) is 32.9. The van der Waals surface area contributed by atoms with E-state index in [0.29, 0.717) is 64.1 Å². The molecule has 10 rings (SSSR count). The normalized spacial score (nSPS) is 17.6. The number of anilines is 2. The Kier molecular flexibility index (Phi) is 39.2. The smallest absolute Gasteiger partial charge is 0.407 e. The van der Waals surface area contributed by atoms with E-state index in [2.05, 4.69) is 93.5 Å². The lowest BCUT2D eigenvalue weighted by atomic mass is 9.86. The van der Waals surface area contributed by atoms with Crippen molar-refractivity contribution in [2.24, 2.45) is 0 Å². The quantitative estimate of drug-likeness (QED) is 0.0320. The lowest BCUT2D eigenvalue weighted by Crippen LogP contribution is -2.40. The number of nitrogens with zero attached hydrogens (tertiary/aromatic N) is 3. The second-order valence-corrected chi connectivity index (χ2v) is 38.8. The van der Waals surface area contributed by atoms with Gasteiger partial charge in [-0.15, -0.1) is 34.0 Å². The second-order valence-electron chi connectivity index (χ2n) is 29.7. The number of urea groups is 2. The van der Waals surface area contributed by atoms with Crippen LogP contribution in [0, 0.1) is 18.8 Å². The molecule has 0 bridgehead atoms. The fourth-order valence-electron chi connectivity index (χ4n) is 12.1. The third-order valence-corrected chi connectivity index (χ3v) is 25.2. The Morgan fingerprint density at radius 3 is 1.23 bits per heavy atom. The van der Waals surface area contributed by atoms with Crippen molar-refractivity contribution in [2.45, 2.75) is 277 Å². The fraction of sp³-hybridized carbons (Fsp3) is 0.519. The van der Waals surface area contributed by atoms with Gasteiger partial charge in [-0.25, -0.2) is 65.2 Å². The number of hydrogen-bond donors (Lipinski definition) is 9. The van der Waals surface area contributed by atoms with Crippen LogP contribution >= 0.6 is 65.9 Å². The van der Waals surface area contributed by atoms with Gasteiger partial charge in [0.2, 0.25) is 31.9 Å². The molecule has 3 saturated carbocycles. The molecule has 33 heteroatoms. The van der Waals surface area contributed by atoms with E-state index in [0.717, 1.165) is 82.6 Å². The highest BCUT2D eigenvalue weighted by Crippen LogP contribution is 2.43. The number of sulfonamides is 2. The molecular weight excluding hydrogens is 1670 g/mol. The first-order valence-electron chi connectivity index (χ1n) is 36.3. The number of carbonyl (C=O) groups excluding carboxylic acids is 5. The summed E-state index contributed by atoms with van der Waals surface area (Å²) in [6.07, 6.45) is 10.8. The molecule has 112 heavy (non-hydrogen) atoms. The van der Waals surface area contributed by atoms with Crippen molar-refractivity contribution in [3.05, 3.63) is 154 Å². The predicted molar refractivity (Wildman–Crippen MR) is 452 cm³/mol. The number of ether oxygens (including phenoxy) is 3. The van der Waals surface area contributed by atoms with Crippen LogP contribution in [0.4, 0.5) is 44.1 Å². The van der Waals surface area contributed by atoms with E-state index in [9.17, 15) is 45.2 Å². The van der Waals surface area contributed by atoms with Gasteiger partial charge in [0.1, 0.15) is 8.79 Å². The van der Waals surface area contributed by atoms with E-state index in [1.165, 1.54) is 34.5 Å². The monoisotopic (exact) mass is 1780 g/mol. The fourth-order valence-corrected chi connectivity index (χ4v) is 19.5. The molecule has 0 aliphatic heterocycles. The van der Waals surface area contributed by atoms with Crippen molar-refractivity contribution < 1.29 is 63.8 Å². The number of halogens is 4. The summed E-state index contributed by atoms with van der Waals surface area (Å²) >= 11 is 10.8. The SMILES string of the molecule is C.C.C.CC(C)OC(=O)NC1CCC(c2nc(F)c(-c3ccc(NC(=O)NCc4ccccc4)cc3S(=O)(=O)NC(C)(C)C)s2)CC1.CC(C)OC(=O)NC1CCC(c2nc(F)c(Br)s2)CC1.CC(C)OC(=O)NC1CCC(c2ncc(Br)s2)CC1.Cc1ccc(NC(=O)NCc2ccccc2)cc1S(=O)(=O)NC(C)(C)C. The minimum atomic E-state index is -4.13. The zero-order valence-electron chi connectivity index (χ0n) is 63.7. The summed E-state index contributed by atoms with van der Waals surface area (Å²) in [6.45, 7) is 23.8. The molecule has 3 aliphatic rings. The summed E-state index contributed by atoms with van der Waals surface area (Å²) < 4.78 is 103. The van der Waals surface area contributed by atoms with Crippen molar-refractivity contribution in [3.63, 3.8) is 0 Å². The van der Waals surface area contributed by atoms with Crippen LogP contribution in [0.2, 0.25) is 0 Å². The van der Waals surface area contributed by atoms with Gasteiger partial charge < -0.3 is 51.4 Å². The van der Waals surface area contributed by atoms with Crippen LogP contribution in [0.25, 0.3) is 10.4 Å². The van der Waals surface area contributed by atoms with Crippen molar-refractivity contribution in [2.75, 3.05) is 10.6 Å². The highest BCUT2D eigenvalue weighted by atomic mass is 79.9. The van der Waals surface area contributed by atoms with Crippen molar-refractivity contribution >= 4 is 128 Å². The summed E-state index contributed by atoms with van der Waals surface area (Å²) in [6, 6.07) is 27.5. The van der Waals surface area contributed by atoms with E-state index in [1.54, 1.807) is 91.8 Å². The Bertz CT molecular complexity index is 4350. The first-order chi connectivity index (χ1) is 51.3. The van der Waals surface area contributed by atoms with Gasteiger partial charge in [0.25, 0.3) is 0 Å². The van der Waals surface area contributed by atoms with Gasteiger partial charge in [-0.3, -0.25) is 0 Å². The van der Waals surface area contributed by atoms with Crippen LogP contribution in [-0.4, -0.2) is 110 Å². The van der Waals surface area contributed by atoms with Crippen LogP contribution in [0.5, 0.6) is 0 Å². The molecule has 7 aromatic rings. The van der Waals surface area contributed by atoms with Gasteiger partial charge in [-0.1, -0.05) is 89.0 Å². The maximum atomic E-state index is 15.4. The predicted octanol–water partition coefficient (Wildman–Crippen LogP) is 20.1. The largest absolute Gasteiger partial charge is 0.447 e. The standard InChI is InChI=1S/C31H40FN5O5S2.C19H25N3O3S.C13H18BrFN2O2S.C13H19BrN2O2S.3CH4/c1-19(2)42-30(39)35-22-13-11-21(12-14-22)28-36-27(32)26(43-28)24-16-15-23(17-25(24)44(40,41)37-31(3,4)5)34-29(38)33-18-20-9-7-6-8-10-20;1-14-10-11-16(12-17(14)26(24,25)22-19(2,3)4)21-18(23)20-13-15-8-6-5-7-9-15;1-7(2)19-13(18)16-9-5-3-8(4-6-9)12-17-11(15)10(14)20-12;1-8(2)18-13(17)16-10-5-3-9(4-6-10)12-15-7-11(14)19-12;;;/h6-10,15-17,19,21-22,37H,11-14,18H2,1-5H3,(H,35,39)(H2,33,34,38);5-12,22H,13H2,1-4H3,(H2,20,21,23);7-9H,3-6H2,1-2H3,(H,16,18);7-10H,3-6H2,1-2H3,(H,16,17);3*1H4. The summed E-state index contributed by atoms with van der Waals surface area (Å²) in [5.41, 5.74) is 1.90. The van der Waals surface area contributed by atoms with E-state index in [4.69, 9.17) is 14.2 Å². The zero-order valence-corrected chi connectivity index (χ0v) is 71.0. The molecule has 3 aromatic heterocycles. The Hall–Kier alpha value is -7.24. The van der Waals surface area contributed by atoms with Crippen LogP contribution in [0.1, 0.15) is 232 Å². The molecule has 0 atom stereocenters. The van der Waals surface area contributed by atoms with Crippen LogP contribution in [-0.2, 0) is 47.3 Å². The average Bonchev–Trinajstić information content (AvgIpc) is 1.42. The van der Waals surface area contributed by atoms with Gasteiger partial charge in [0, 0.05) is 77.0 Å². The van der Waals surface area contributed by atoms with Gasteiger partial charge in [0.05, 0.1) is 53.0 Å². The molecule has 24 nitrogen and oxygen atoms in total. The lowest BCUT2D eigenvalue weighted by molar-refractivity contribution is 0.108. The summed E-state index contributed by atoms with van der Waals surface area (Å²) in [5, 5.41) is 22.2.